The molecule has 4 rings (SSSR count). The van der Waals surface area contributed by atoms with Gasteiger partial charge >= 0.3 is 5.97 Å². The lowest BCUT2D eigenvalue weighted by atomic mass is 9.72. The van der Waals surface area contributed by atoms with Gasteiger partial charge in [0.15, 0.2) is 0 Å². The van der Waals surface area contributed by atoms with Gasteiger partial charge in [-0.1, -0.05) is 92.5 Å². The van der Waals surface area contributed by atoms with E-state index in [2.05, 4.69) is 31.9 Å². The van der Waals surface area contributed by atoms with Crippen LogP contribution in [0.25, 0.3) is 0 Å². The van der Waals surface area contributed by atoms with Gasteiger partial charge in [-0.05, 0) is 35.7 Å². The van der Waals surface area contributed by atoms with Gasteiger partial charge in [-0.3, -0.25) is 4.79 Å². The highest BCUT2D eigenvalue weighted by molar-refractivity contribution is 9.12. The second-order valence-electron chi connectivity index (χ2n) is 7.05. The third-order valence-electron chi connectivity index (χ3n) is 5.17. The van der Waals surface area contributed by atoms with E-state index in [9.17, 15) is 4.79 Å². The average molecular weight is 516 g/mol. The Morgan fingerprint density at radius 2 is 1.66 bits per heavy atom. The zero-order valence-corrected chi connectivity index (χ0v) is 18.9. The molecule has 1 heterocycles. The van der Waals surface area contributed by atoms with Crippen molar-refractivity contribution in [1.82, 2.24) is 0 Å². The van der Waals surface area contributed by atoms with E-state index in [0.29, 0.717) is 18.8 Å². The Morgan fingerprint density at radius 1 is 0.966 bits per heavy atom. The molecule has 29 heavy (non-hydrogen) atoms. The van der Waals surface area contributed by atoms with Crippen molar-refractivity contribution in [3.05, 3.63) is 95.6 Å². The van der Waals surface area contributed by atoms with Crippen molar-refractivity contribution in [3.8, 4) is 11.5 Å². The van der Waals surface area contributed by atoms with Crippen LogP contribution in [0.2, 0.25) is 0 Å². The second kappa shape index (κ2) is 8.72. The van der Waals surface area contributed by atoms with Gasteiger partial charge in [-0.25, -0.2) is 0 Å². The zero-order chi connectivity index (χ0) is 20.3. The fourth-order valence-electron chi connectivity index (χ4n) is 3.75. The summed E-state index contributed by atoms with van der Waals surface area (Å²) in [6, 6.07) is 25.5. The number of esters is 1. The van der Waals surface area contributed by atoms with E-state index >= 15 is 0 Å². The van der Waals surface area contributed by atoms with Crippen molar-refractivity contribution in [2.45, 2.75) is 23.3 Å². The van der Waals surface area contributed by atoms with Gasteiger partial charge in [0.05, 0.1) is 0 Å². The molecule has 3 aromatic carbocycles. The number of hydrogen-bond donors (Lipinski definition) is 0. The number of halogens is 2. The third-order valence-corrected chi connectivity index (χ3v) is 7.47. The summed E-state index contributed by atoms with van der Waals surface area (Å²) in [5.41, 5.74) is 2.00. The van der Waals surface area contributed by atoms with Crippen molar-refractivity contribution in [3.63, 3.8) is 0 Å². The molecule has 0 aliphatic carbocycles. The Kier molecular flexibility index (Phi) is 6.07. The second-order valence-corrected chi connectivity index (χ2v) is 8.99. The summed E-state index contributed by atoms with van der Waals surface area (Å²) >= 11 is 7.21. The van der Waals surface area contributed by atoms with Gasteiger partial charge in [0.2, 0.25) is 0 Å². The fraction of sp³-hybridized carbons (Fsp3) is 0.208. The molecule has 0 amide bonds. The number of hydrogen-bond acceptors (Lipinski definition) is 3. The van der Waals surface area contributed by atoms with E-state index in [0.717, 1.165) is 27.8 Å². The van der Waals surface area contributed by atoms with Crippen molar-refractivity contribution < 1.29 is 14.3 Å². The minimum atomic E-state index is -0.870. The van der Waals surface area contributed by atoms with E-state index in [1.807, 2.05) is 78.9 Å². The first-order valence-electron chi connectivity index (χ1n) is 9.42. The summed E-state index contributed by atoms with van der Waals surface area (Å²) in [5, 5.41) is 0.731. The highest BCUT2D eigenvalue weighted by atomic mass is 79.9. The first-order chi connectivity index (χ1) is 14.1. The van der Waals surface area contributed by atoms with Gasteiger partial charge in [0.25, 0.3) is 0 Å². The van der Waals surface area contributed by atoms with Crippen LogP contribution in [-0.4, -0.2) is 16.1 Å². The molecular formula is C24H20Br2O3. The summed E-state index contributed by atoms with van der Waals surface area (Å²) in [7, 11) is 0. The lowest BCUT2D eigenvalue weighted by Gasteiger charge is -2.28. The summed E-state index contributed by atoms with van der Waals surface area (Å²) in [6.45, 7) is 0.467. The molecule has 0 N–H and O–H groups in total. The SMILES string of the molecule is O=C1Oc2ccc(OCc3ccccc3)cc2C1(CC(Br)CBr)c1ccccc1. The molecule has 3 aromatic rings. The standard InChI is InChI=1S/C24H20Br2O3/c25-15-19(26)14-24(18-9-5-2-6-10-18)21-13-20(11-12-22(21)29-23(24)27)28-16-17-7-3-1-4-8-17/h1-13,19H,14-16H2. The number of carbonyl (C=O) groups excluding carboxylic acids is 1. The van der Waals surface area contributed by atoms with Gasteiger partial charge < -0.3 is 9.47 Å². The average Bonchev–Trinajstić information content (AvgIpc) is 3.05. The van der Waals surface area contributed by atoms with Crippen LogP contribution in [0.4, 0.5) is 0 Å². The smallest absolute Gasteiger partial charge is 0.326 e. The highest BCUT2D eigenvalue weighted by Gasteiger charge is 2.51. The zero-order valence-electron chi connectivity index (χ0n) is 15.7. The molecule has 2 atom stereocenters. The molecule has 0 fully saturated rings. The van der Waals surface area contributed by atoms with Crippen LogP contribution >= 0.6 is 31.9 Å². The number of rotatable bonds is 7. The van der Waals surface area contributed by atoms with Crippen molar-refractivity contribution in [1.29, 1.82) is 0 Å². The van der Waals surface area contributed by atoms with Crippen LogP contribution in [0, 0.1) is 0 Å². The van der Waals surface area contributed by atoms with Gasteiger partial charge in [0.1, 0.15) is 23.5 Å². The number of alkyl halides is 2. The lowest BCUT2D eigenvalue weighted by Crippen LogP contribution is -2.37. The molecule has 0 aromatic heterocycles. The van der Waals surface area contributed by atoms with Gasteiger partial charge in [-0.15, -0.1) is 0 Å². The maximum atomic E-state index is 13.2. The number of carbonyl (C=O) groups is 1. The van der Waals surface area contributed by atoms with Crippen molar-refractivity contribution in [2.24, 2.45) is 0 Å². The molecule has 3 nitrogen and oxygen atoms in total. The number of benzene rings is 3. The van der Waals surface area contributed by atoms with E-state index in [1.165, 1.54) is 0 Å². The third kappa shape index (κ3) is 3.99. The van der Waals surface area contributed by atoms with Crippen molar-refractivity contribution >= 4 is 37.8 Å². The molecule has 0 saturated heterocycles. The van der Waals surface area contributed by atoms with E-state index < -0.39 is 5.41 Å². The highest BCUT2D eigenvalue weighted by Crippen LogP contribution is 2.49. The normalized spacial score (nSPS) is 18.8. The fourth-order valence-corrected chi connectivity index (χ4v) is 4.47. The Labute approximate surface area is 187 Å². The predicted octanol–water partition coefficient (Wildman–Crippen LogP) is 6.02. The van der Waals surface area contributed by atoms with Crippen LogP contribution in [0.1, 0.15) is 23.1 Å². The monoisotopic (exact) mass is 514 g/mol. The molecule has 0 radical (unpaired) electrons. The van der Waals surface area contributed by atoms with E-state index in [4.69, 9.17) is 9.47 Å². The van der Waals surface area contributed by atoms with Gasteiger partial charge in [-0.2, -0.15) is 0 Å². The maximum Gasteiger partial charge on any atom is 0.326 e. The molecule has 1 aliphatic rings. The Morgan fingerprint density at radius 3 is 2.34 bits per heavy atom. The largest absolute Gasteiger partial charge is 0.489 e. The number of ether oxygens (including phenoxy) is 2. The summed E-state index contributed by atoms with van der Waals surface area (Å²) in [6.07, 6.45) is 0.580. The van der Waals surface area contributed by atoms with Crippen molar-refractivity contribution in [2.75, 3.05) is 5.33 Å². The Bertz CT molecular complexity index is 992. The van der Waals surface area contributed by atoms with Gasteiger partial charge in [0, 0.05) is 15.7 Å². The van der Waals surface area contributed by atoms with Crippen LogP contribution in [0.15, 0.2) is 78.9 Å². The first-order valence-corrected chi connectivity index (χ1v) is 11.5. The van der Waals surface area contributed by atoms with Crippen LogP contribution < -0.4 is 9.47 Å². The quantitative estimate of drug-likeness (QED) is 0.219. The first kappa shape index (κ1) is 20.2. The molecule has 0 bridgehead atoms. The van der Waals surface area contributed by atoms with Crippen LogP contribution in [0.3, 0.4) is 0 Å². The summed E-state index contributed by atoms with van der Waals surface area (Å²) in [4.78, 5) is 13.3. The molecule has 148 valence electrons. The Hall–Kier alpha value is -2.11. The molecular weight excluding hydrogens is 496 g/mol. The molecule has 0 saturated carbocycles. The molecule has 2 unspecified atom stereocenters. The number of fused-ring (bicyclic) bond motifs is 1. The molecule has 0 spiro atoms. The van der Waals surface area contributed by atoms with Crippen LogP contribution in [0.5, 0.6) is 11.5 Å². The Balaban J connectivity index is 1.73. The summed E-state index contributed by atoms with van der Waals surface area (Å²) < 4.78 is 11.7. The maximum absolute atomic E-state index is 13.2. The summed E-state index contributed by atoms with van der Waals surface area (Å²) in [5.74, 6) is 1.07. The predicted molar refractivity (Wildman–Crippen MR) is 121 cm³/mol. The van der Waals surface area contributed by atoms with E-state index in [1.54, 1.807) is 0 Å². The van der Waals surface area contributed by atoms with Crippen LogP contribution in [-0.2, 0) is 16.8 Å². The lowest BCUT2D eigenvalue weighted by molar-refractivity contribution is -0.137. The minimum Gasteiger partial charge on any atom is -0.489 e. The minimum absolute atomic E-state index is 0.107. The van der Waals surface area contributed by atoms with E-state index in [-0.39, 0.29) is 10.8 Å². The molecule has 5 heteroatoms. The molecule has 1 aliphatic heterocycles. The topological polar surface area (TPSA) is 35.5 Å².